The highest BCUT2D eigenvalue weighted by molar-refractivity contribution is 6.10. The fourth-order valence-electron chi connectivity index (χ4n) is 2.77. The van der Waals surface area contributed by atoms with Gasteiger partial charge < -0.3 is 5.32 Å². The van der Waals surface area contributed by atoms with Crippen LogP contribution >= 0.6 is 0 Å². The van der Waals surface area contributed by atoms with Gasteiger partial charge >= 0.3 is 0 Å². The molecule has 1 amide bonds. The molecule has 35 heavy (non-hydrogen) atoms. The lowest BCUT2D eigenvalue weighted by Gasteiger charge is -2.24. The van der Waals surface area contributed by atoms with Crippen molar-refractivity contribution in [3.8, 4) is 0 Å². The average Bonchev–Trinajstić information content (AvgIpc) is 2.87. The fraction of sp³-hybridized carbons (Fsp3) is 0.367. The van der Waals surface area contributed by atoms with E-state index in [1.165, 1.54) is 30.3 Å². The van der Waals surface area contributed by atoms with E-state index >= 15 is 0 Å². The quantitative estimate of drug-likeness (QED) is 0.163. The van der Waals surface area contributed by atoms with Crippen molar-refractivity contribution in [3.05, 3.63) is 96.5 Å². The Balaban J connectivity index is 0. The molecule has 0 aliphatic rings. The minimum absolute atomic E-state index is 0.234. The molecule has 5 heteroatoms. The lowest BCUT2D eigenvalue weighted by molar-refractivity contribution is -0.136. The molecule has 0 aliphatic heterocycles. The molecule has 1 N–H and O–H groups in total. The summed E-state index contributed by atoms with van der Waals surface area (Å²) in [4.78, 5) is 39.0. The predicted octanol–water partition coefficient (Wildman–Crippen LogP) is 7.41. The molecule has 2 unspecified atom stereocenters. The Morgan fingerprint density at radius 2 is 1.46 bits per heavy atom. The molecule has 0 aromatic heterocycles. The maximum atomic E-state index is 13.2. The summed E-state index contributed by atoms with van der Waals surface area (Å²) in [5, 5.41) is 2.68. The van der Waals surface area contributed by atoms with Gasteiger partial charge in [-0.25, -0.2) is 4.39 Å². The first-order valence-corrected chi connectivity index (χ1v) is 12.0. The molecule has 1 aromatic carbocycles. The highest BCUT2D eigenvalue weighted by Gasteiger charge is 2.38. The van der Waals surface area contributed by atoms with Crippen molar-refractivity contribution in [2.24, 2.45) is 17.8 Å². The van der Waals surface area contributed by atoms with Crippen molar-refractivity contribution in [3.63, 3.8) is 0 Å². The molecule has 0 bridgehead atoms. The van der Waals surface area contributed by atoms with E-state index < -0.39 is 35.3 Å². The summed E-state index contributed by atoms with van der Waals surface area (Å²) in [5.41, 5.74) is 0.653. The molecule has 0 spiro atoms. The average molecular weight is 484 g/mol. The van der Waals surface area contributed by atoms with E-state index in [0.29, 0.717) is 5.70 Å². The van der Waals surface area contributed by atoms with Crippen LogP contribution in [0.2, 0.25) is 0 Å². The number of hydrogen-bond donors (Lipinski definition) is 1. The third-order valence-corrected chi connectivity index (χ3v) is 4.64. The number of carbonyl (C=O) groups is 3. The third kappa shape index (κ3) is 12.6. The molecule has 2 atom stereocenters. The van der Waals surface area contributed by atoms with Gasteiger partial charge in [0.05, 0.1) is 5.92 Å². The summed E-state index contributed by atoms with van der Waals surface area (Å²) in [6, 6.07) is 5.05. The largest absolute Gasteiger partial charge is 0.325 e. The predicted molar refractivity (Wildman–Crippen MR) is 145 cm³/mol. The molecule has 0 radical (unpaired) electrons. The first-order valence-electron chi connectivity index (χ1n) is 12.0. The van der Waals surface area contributed by atoms with Crippen molar-refractivity contribution in [1.29, 1.82) is 0 Å². The molecule has 4 nitrogen and oxygen atoms in total. The van der Waals surface area contributed by atoms with Crippen molar-refractivity contribution < 1.29 is 18.8 Å². The maximum absolute atomic E-state index is 13.2. The number of amides is 1. The number of halogens is 1. The Morgan fingerprint density at radius 3 is 1.86 bits per heavy atom. The van der Waals surface area contributed by atoms with Gasteiger partial charge in [-0.3, -0.25) is 14.4 Å². The van der Waals surface area contributed by atoms with Gasteiger partial charge in [0.2, 0.25) is 5.91 Å². The number of Topliss-reactive ketones (excluding diaryl/α,β-unsaturated/α-hetero) is 2. The van der Waals surface area contributed by atoms with Crippen LogP contribution in [-0.2, 0) is 9.59 Å². The van der Waals surface area contributed by atoms with E-state index in [0.717, 1.165) is 0 Å². The zero-order chi connectivity index (χ0) is 27.4. The van der Waals surface area contributed by atoms with E-state index in [4.69, 9.17) is 0 Å². The van der Waals surface area contributed by atoms with Crippen LogP contribution in [0, 0.1) is 23.6 Å². The molecule has 192 valence electrons. The number of hydrogen-bond acceptors (Lipinski definition) is 3. The highest BCUT2D eigenvalue weighted by atomic mass is 19.1. The van der Waals surface area contributed by atoms with E-state index in [-0.39, 0.29) is 11.3 Å². The summed E-state index contributed by atoms with van der Waals surface area (Å²) >= 11 is 0. The summed E-state index contributed by atoms with van der Waals surface area (Å²) in [7, 11) is 0. The number of allylic oxidation sites excluding steroid dienone is 8. The Morgan fingerprint density at radius 1 is 0.914 bits per heavy atom. The maximum Gasteiger partial charge on any atom is 0.236 e. The van der Waals surface area contributed by atoms with Crippen molar-refractivity contribution in [1.82, 2.24) is 5.32 Å². The van der Waals surface area contributed by atoms with Crippen LogP contribution in [-0.4, -0.2) is 17.5 Å². The van der Waals surface area contributed by atoms with Crippen LogP contribution in [0.15, 0.2) is 85.1 Å². The second kappa shape index (κ2) is 20.1. The van der Waals surface area contributed by atoms with E-state index in [9.17, 15) is 18.8 Å². The number of carbonyl (C=O) groups excluding carboxylic acids is 3. The molecule has 0 saturated heterocycles. The van der Waals surface area contributed by atoms with Gasteiger partial charge in [-0.1, -0.05) is 70.7 Å². The lowest BCUT2D eigenvalue weighted by atomic mass is 9.79. The zero-order valence-corrected chi connectivity index (χ0v) is 22.5. The third-order valence-electron chi connectivity index (χ3n) is 4.64. The molecular weight excluding hydrogens is 441 g/mol. The number of nitrogens with one attached hydrogen (secondary N) is 1. The molecule has 0 saturated carbocycles. The van der Waals surface area contributed by atoms with Gasteiger partial charge in [-0.05, 0) is 64.1 Å². The molecule has 0 fully saturated rings. The van der Waals surface area contributed by atoms with Crippen LogP contribution < -0.4 is 5.32 Å². The molecule has 0 heterocycles. The smallest absolute Gasteiger partial charge is 0.236 e. The van der Waals surface area contributed by atoms with Crippen LogP contribution in [0.1, 0.15) is 65.7 Å². The number of ketones is 2. The van der Waals surface area contributed by atoms with Gasteiger partial charge in [-0.15, -0.1) is 0 Å². The van der Waals surface area contributed by atoms with Gasteiger partial charge in [0.25, 0.3) is 0 Å². The molecule has 1 rings (SSSR count). The Bertz CT molecular complexity index is 902. The summed E-state index contributed by atoms with van der Waals surface area (Å²) in [5.74, 6) is -4.51. The Hall–Kier alpha value is -3.34. The van der Waals surface area contributed by atoms with Crippen LogP contribution in [0.5, 0.6) is 0 Å². The molecule has 0 aliphatic carbocycles. The lowest BCUT2D eigenvalue weighted by Crippen LogP contribution is -2.43. The van der Waals surface area contributed by atoms with Gasteiger partial charge in [0, 0.05) is 17.2 Å². The van der Waals surface area contributed by atoms with Crippen molar-refractivity contribution >= 4 is 17.5 Å². The first kappa shape index (κ1) is 33.8. The van der Waals surface area contributed by atoms with E-state index in [1.807, 2.05) is 46.8 Å². The Labute approximate surface area is 211 Å². The standard InChI is InChI=1S/C24H28FNO3.C4H8.C2H6/c1-6-9-11-19(8-3)26-24(29)21(22(27)16(4)5)20(10-7-2)23(28)17-12-14-18(25)15-13-17;1-3-4-2;1-2/h6-16,20-21H,3H2,1-2,4-5H3,(H,26,29);3-4H,1-2H3;1-2H3/b9-6-,10-7+,19-11+;4-3-;. The number of benzene rings is 1. The van der Waals surface area contributed by atoms with Crippen LogP contribution in [0.25, 0.3) is 0 Å². The van der Waals surface area contributed by atoms with Crippen molar-refractivity contribution in [2.45, 2.75) is 55.4 Å². The minimum atomic E-state index is -1.22. The summed E-state index contributed by atoms with van der Waals surface area (Å²) in [6.45, 7) is 18.6. The normalized spacial score (nSPS) is 13.0. The monoisotopic (exact) mass is 483 g/mol. The SMILES string of the molecule is C/C=C\C.C=C/C(=C\C=C/C)NC(=O)C(C(=O)C(C)C)C(/C=C/C)C(=O)c1ccc(F)cc1.CC. The van der Waals surface area contributed by atoms with Crippen LogP contribution in [0.3, 0.4) is 0 Å². The molecular formula is C30H42FNO3. The van der Waals surface area contributed by atoms with Gasteiger partial charge in [-0.2, -0.15) is 0 Å². The second-order valence-corrected chi connectivity index (χ2v) is 7.47. The summed E-state index contributed by atoms with van der Waals surface area (Å²) < 4.78 is 13.2. The Kier molecular flexibility index (Phi) is 19.4. The van der Waals surface area contributed by atoms with Crippen molar-refractivity contribution in [2.75, 3.05) is 0 Å². The van der Waals surface area contributed by atoms with E-state index in [1.54, 1.807) is 51.2 Å². The zero-order valence-electron chi connectivity index (χ0n) is 22.5. The van der Waals surface area contributed by atoms with Gasteiger partial charge in [0.1, 0.15) is 17.5 Å². The number of rotatable bonds is 10. The minimum Gasteiger partial charge on any atom is -0.325 e. The molecule has 1 aromatic rings. The highest BCUT2D eigenvalue weighted by Crippen LogP contribution is 2.24. The van der Waals surface area contributed by atoms with Gasteiger partial charge in [0.15, 0.2) is 5.78 Å². The summed E-state index contributed by atoms with van der Waals surface area (Å²) in [6.07, 6.45) is 13.8. The van der Waals surface area contributed by atoms with E-state index in [2.05, 4.69) is 11.9 Å². The topological polar surface area (TPSA) is 63.2 Å². The fourth-order valence-corrected chi connectivity index (χ4v) is 2.77. The first-order chi connectivity index (χ1) is 16.7. The second-order valence-electron chi connectivity index (χ2n) is 7.47. The van der Waals surface area contributed by atoms with Crippen LogP contribution in [0.4, 0.5) is 4.39 Å².